The molecule has 0 bridgehead atoms. The maximum absolute atomic E-state index is 11.4. The van der Waals surface area contributed by atoms with Crippen LogP contribution >= 0.6 is 0 Å². The molecule has 1 aliphatic heterocycles. The number of rotatable bonds is 0. The minimum Gasteiger partial charge on any atom is -0.493 e. The Bertz CT molecular complexity index is 466. The average Bonchev–Trinajstić information content (AvgIpc) is 2.24. The van der Waals surface area contributed by atoms with E-state index in [2.05, 4.69) is 10.6 Å². The summed E-state index contributed by atoms with van der Waals surface area (Å²) in [5.74, 6) is -0.609. The van der Waals surface area contributed by atoms with Crippen LogP contribution < -0.4 is 10.6 Å². The minimum atomic E-state index is -0.333. The second-order valence-corrected chi connectivity index (χ2v) is 3.37. The first-order valence-corrected chi connectivity index (χ1v) is 4.47. The van der Waals surface area contributed by atoms with Gasteiger partial charge in [0, 0.05) is 0 Å². The molecule has 1 atom stereocenters. The molecule has 1 unspecified atom stereocenters. The summed E-state index contributed by atoms with van der Waals surface area (Å²) in [7, 11) is 0. The van der Waals surface area contributed by atoms with Crippen LogP contribution in [0.2, 0.25) is 0 Å². The largest absolute Gasteiger partial charge is 0.493 e. The SMILES string of the molecule is CC1C(=O)C=CC2=C1NC(O)=C(C#N)N2. The summed E-state index contributed by atoms with van der Waals surface area (Å²) in [6.45, 7) is 1.74. The normalized spacial score (nSPS) is 24.3. The number of aliphatic hydroxyl groups is 1. The molecule has 0 spiro atoms. The first kappa shape index (κ1) is 9.34. The summed E-state index contributed by atoms with van der Waals surface area (Å²) in [6, 6.07) is 1.82. The third-order valence-corrected chi connectivity index (χ3v) is 2.43. The molecule has 15 heavy (non-hydrogen) atoms. The van der Waals surface area contributed by atoms with E-state index in [9.17, 15) is 9.90 Å². The smallest absolute Gasteiger partial charge is 0.224 e. The van der Waals surface area contributed by atoms with Crippen molar-refractivity contribution >= 4 is 5.78 Å². The van der Waals surface area contributed by atoms with Gasteiger partial charge in [-0.2, -0.15) is 5.26 Å². The van der Waals surface area contributed by atoms with Crippen LogP contribution in [0.25, 0.3) is 0 Å². The summed E-state index contributed by atoms with van der Waals surface area (Å²) in [4.78, 5) is 11.4. The molecule has 76 valence electrons. The van der Waals surface area contributed by atoms with Crippen molar-refractivity contribution in [3.05, 3.63) is 35.1 Å². The van der Waals surface area contributed by atoms with Crippen LogP contribution in [0.5, 0.6) is 0 Å². The van der Waals surface area contributed by atoms with Gasteiger partial charge in [-0.05, 0) is 19.1 Å². The Morgan fingerprint density at radius 2 is 2.20 bits per heavy atom. The molecule has 1 heterocycles. The van der Waals surface area contributed by atoms with Crippen LogP contribution in [0.4, 0.5) is 0 Å². The monoisotopic (exact) mass is 203 g/mol. The number of carbonyl (C=O) groups is 1. The molecule has 0 saturated heterocycles. The second kappa shape index (κ2) is 3.17. The van der Waals surface area contributed by atoms with Crippen molar-refractivity contribution in [2.75, 3.05) is 0 Å². The van der Waals surface area contributed by atoms with Crippen molar-refractivity contribution < 1.29 is 9.90 Å². The fourth-order valence-electron chi connectivity index (χ4n) is 1.52. The zero-order valence-corrected chi connectivity index (χ0v) is 8.03. The van der Waals surface area contributed by atoms with Crippen molar-refractivity contribution in [2.24, 2.45) is 5.92 Å². The van der Waals surface area contributed by atoms with E-state index in [1.807, 2.05) is 6.07 Å². The minimum absolute atomic E-state index is 0.0312. The Kier molecular flexibility index (Phi) is 1.97. The number of hydrogen-bond donors (Lipinski definition) is 3. The van der Waals surface area contributed by atoms with E-state index in [0.717, 1.165) is 0 Å². The lowest BCUT2D eigenvalue weighted by atomic mass is 9.94. The van der Waals surface area contributed by atoms with Gasteiger partial charge in [0.25, 0.3) is 0 Å². The second-order valence-electron chi connectivity index (χ2n) is 3.37. The number of nitrogens with one attached hydrogen (secondary N) is 2. The molecular weight excluding hydrogens is 194 g/mol. The quantitative estimate of drug-likeness (QED) is 0.531. The number of carbonyl (C=O) groups excluding carboxylic acids is 1. The highest BCUT2D eigenvalue weighted by molar-refractivity contribution is 5.95. The van der Waals surface area contributed by atoms with Gasteiger partial charge in [-0.3, -0.25) is 4.79 Å². The summed E-state index contributed by atoms with van der Waals surface area (Å²) in [6.07, 6.45) is 3.05. The van der Waals surface area contributed by atoms with E-state index in [-0.39, 0.29) is 23.3 Å². The van der Waals surface area contributed by atoms with Gasteiger partial charge in [-0.25, -0.2) is 0 Å². The maximum atomic E-state index is 11.4. The Morgan fingerprint density at radius 3 is 2.87 bits per heavy atom. The van der Waals surface area contributed by atoms with Crippen LogP contribution in [-0.4, -0.2) is 10.9 Å². The predicted octanol–water partition coefficient (Wildman–Crippen LogP) is 0.416. The lowest BCUT2D eigenvalue weighted by Crippen LogP contribution is -2.36. The Morgan fingerprint density at radius 1 is 1.47 bits per heavy atom. The third kappa shape index (κ3) is 1.36. The Balaban J connectivity index is 2.37. The molecule has 0 aromatic heterocycles. The van der Waals surface area contributed by atoms with E-state index in [1.165, 1.54) is 6.08 Å². The first-order chi connectivity index (χ1) is 7.13. The molecule has 5 nitrogen and oxygen atoms in total. The summed E-state index contributed by atoms with van der Waals surface area (Å²) < 4.78 is 0. The fourth-order valence-corrected chi connectivity index (χ4v) is 1.52. The van der Waals surface area contributed by atoms with Gasteiger partial charge >= 0.3 is 0 Å². The van der Waals surface area contributed by atoms with Gasteiger partial charge in [0.1, 0.15) is 6.07 Å². The van der Waals surface area contributed by atoms with Crippen molar-refractivity contribution in [2.45, 2.75) is 6.92 Å². The van der Waals surface area contributed by atoms with E-state index in [4.69, 9.17) is 5.26 Å². The highest BCUT2D eigenvalue weighted by Crippen LogP contribution is 2.23. The molecular formula is C10H9N3O2. The van der Waals surface area contributed by atoms with Gasteiger partial charge in [-0.1, -0.05) is 0 Å². The highest BCUT2D eigenvalue weighted by Gasteiger charge is 2.27. The summed E-state index contributed by atoms with van der Waals surface area (Å²) >= 11 is 0. The standard InChI is InChI=1S/C10H9N3O2/c1-5-8(14)3-2-6-9(5)13-10(15)7(4-11)12-6/h2-3,5,12-13,15H,1H3. The average molecular weight is 203 g/mol. The number of allylic oxidation sites excluding steroid dienone is 4. The topological polar surface area (TPSA) is 85.2 Å². The molecule has 5 heteroatoms. The molecule has 0 radical (unpaired) electrons. The first-order valence-electron chi connectivity index (χ1n) is 4.47. The zero-order chi connectivity index (χ0) is 11.0. The molecule has 0 saturated carbocycles. The lowest BCUT2D eigenvalue weighted by molar-refractivity contribution is -0.117. The zero-order valence-electron chi connectivity index (χ0n) is 8.03. The van der Waals surface area contributed by atoms with Crippen molar-refractivity contribution in [1.82, 2.24) is 10.6 Å². The predicted molar refractivity (Wildman–Crippen MR) is 51.9 cm³/mol. The van der Waals surface area contributed by atoms with Crippen LogP contribution in [0.1, 0.15) is 6.92 Å². The molecule has 2 rings (SSSR count). The van der Waals surface area contributed by atoms with E-state index in [1.54, 1.807) is 13.0 Å². The van der Waals surface area contributed by atoms with Crippen molar-refractivity contribution in [3.63, 3.8) is 0 Å². The van der Waals surface area contributed by atoms with E-state index in [0.29, 0.717) is 11.4 Å². The summed E-state index contributed by atoms with van der Waals surface area (Å²) in [5, 5.41) is 23.5. The Labute approximate surface area is 86.4 Å². The maximum Gasteiger partial charge on any atom is 0.224 e. The molecule has 3 N–H and O–H groups in total. The van der Waals surface area contributed by atoms with Gasteiger partial charge < -0.3 is 15.7 Å². The number of hydrogen-bond acceptors (Lipinski definition) is 5. The number of nitriles is 1. The van der Waals surface area contributed by atoms with Gasteiger partial charge in [0.2, 0.25) is 5.88 Å². The van der Waals surface area contributed by atoms with E-state index < -0.39 is 0 Å². The number of aliphatic hydroxyl groups excluding tert-OH is 1. The molecule has 0 aromatic rings. The van der Waals surface area contributed by atoms with Crippen LogP contribution in [-0.2, 0) is 4.79 Å². The highest BCUT2D eigenvalue weighted by atomic mass is 16.3. The third-order valence-electron chi connectivity index (χ3n) is 2.43. The van der Waals surface area contributed by atoms with Crippen LogP contribution in [0.3, 0.4) is 0 Å². The molecule has 1 aliphatic carbocycles. The van der Waals surface area contributed by atoms with Gasteiger partial charge in [0.05, 0.1) is 17.3 Å². The van der Waals surface area contributed by atoms with Gasteiger partial charge in [0.15, 0.2) is 11.5 Å². The van der Waals surface area contributed by atoms with E-state index >= 15 is 0 Å². The molecule has 0 fully saturated rings. The molecule has 0 aromatic carbocycles. The lowest BCUT2D eigenvalue weighted by Gasteiger charge is -2.26. The Hall–Kier alpha value is -2.22. The summed E-state index contributed by atoms with van der Waals surface area (Å²) in [5.41, 5.74) is 1.30. The molecule has 2 aliphatic rings. The molecule has 0 amide bonds. The number of nitrogens with zero attached hydrogens (tertiary/aromatic N) is 1. The number of ketones is 1. The van der Waals surface area contributed by atoms with Crippen molar-refractivity contribution in [3.8, 4) is 6.07 Å². The fraction of sp³-hybridized carbons (Fsp3) is 0.200. The van der Waals surface area contributed by atoms with Crippen molar-refractivity contribution in [1.29, 1.82) is 5.26 Å². The van der Waals surface area contributed by atoms with Crippen LogP contribution in [0.15, 0.2) is 35.1 Å². The van der Waals surface area contributed by atoms with Crippen LogP contribution in [0, 0.1) is 17.2 Å². The van der Waals surface area contributed by atoms with Gasteiger partial charge in [-0.15, -0.1) is 0 Å².